The lowest BCUT2D eigenvalue weighted by atomic mass is 10.1. The number of benzene rings is 1. The molecule has 0 amide bonds. The summed E-state index contributed by atoms with van der Waals surface area (Å²) in [6.45, 7) is 5.73. The molecule has 4 nitrogen and oxygen atoms in total. The van der Waals surface area contributed by atoms with Gasteiger partial charge in [-0.2, -0.15) is 0 Å². The zero-order chi connectivity index (χ0) is 13.5. The summed E-state index contributed by atoms with van der Waals surface area (Å²) >= 11 is 0. The average Bonchev–Trinajstić information content (AvgIpc) is 2.46. The van der Waals surface area contributed by atoms with Gasteiger partial charge in [0.05, 0.1) is 19.8 Å². The zero-order valence-electron chi connectivity index (χ0n) is 11.6. The smallest absolute Gasteiger partial charge is 0.0681 e. The van der Waals surface area contributed by atoms with E-state index in [9.17, 15) is 0 Å². The van der Waals surface area contributed by atoms with Crippen LogP contribution in [0.25, 0.3) is 0 Å². The van der Waals surface area contributed by atoms with Gasteiger partial charge in [0.25, 0.3) is 0 Å². The van der Waals surface area contributed by atoms with Gasteiger partial charge in [-0.05, 0) is 24.5 Å². The molecule has 0 spiro atoms. The average molecular weight is 264 g/mol. The number of rotatable bonds is 6. The number of nitrogens with one attached hydrogen (secondary N) is 2. The summed E-state index contributed by atoms with van der Waals surface area (Å²) < 4.78 is 5.46. The van der Waals surface area contributed by atoms with Gasteiger partial charge in [-0.3, -0.25) is 0 Å². The maximum absolute atomic E-state index is 9.11. The van der Waals surface area contributed by atoms with E-state index >= 15 is 0 Å². The predicted octanol–water partition coefficient (Wildman–Crippen LogP) is 1.04. The molecule has 2 atom stereocenters. The van der Waals surface area contributed by atoms with E-state index in [0.717, 1.165) is 38.3 Å². The lowest BCUT2D eigenvalue weighted by molar-refractivity contribution is 0.0712. The maximum Gasteiger partial charge on any atom is 0.0681 e. The van der Waals surface area contributed by atoms with Crippen LogP contribution >= 0.6 is 0 Å². The topological polar surface area (TPSA) is 53.5 Å². The molecule has 0 saturated carbocycles. The Hall–Kier alpha value is -0.940. The fourth-order valence-corrected chi connectivity index (χ4v) is 2.41. The Labute approximate surface area is 115 Å². The van der Waals surface area contributed by atoms with E-state index in [1.807, 2.05) is 18.2 Å². The Morgan fingerprint density at radius 2 is 2.32 bits per heavy atom. The third-order valence-corrected chi connectivity index (χ3v) is 3.47. The molecule has 1 aromatic rings. The third-order valence-electron chi connectivity index (χ3n) is 3.47. The highest BCUT2D eigenvalue weighted by molar-refractivity contribution is 5.22. The van der Waals surface area contributed by atoms with Crippen LogP contribution in [0, 0.1) is 0 Å². The van der Waals surface area contributed by atoms with Crippen molar-refractivity contribution < 1.29 is 9.84 Å². The molecule has 1 saturated heterocycles. The van der Waals surface area contributed by atoms with E-state index in [4.69, 9.17) is 9.84 Å². The van der Waals surface area contributed by atoms with Crippen LogP contribution in [0.4, 0.5) is 0 Å². The van der Waals surface area contributed by atoms with Crippen LogP contribution in [0.1, 0.15) is 24.5 Å². The van der Waals surface area contributed by atoms with E-state index in [1.54, 1.807) is 0 Å². The van der Waals surface area contributed by atoms with E-state index in [1.165, 1.54) is 5.56 Å². The molecule has 4 heteroatoms. The second kappa shape index (κ2) is 7.60. The minimum Gasteiger partial charge on any atom is -0.392 e. The van der Waals surface area contributed by atoms with Gasteiger partial charge in [0, 0.05) is 25.2 Å². The van der Waals surface area contributed by atoms with E-state index in [0.29, 0.717) is 12.1 Å². The number of aliphatic hydroxyl groups is 1. The number of ether oxygens (including phenoxy) is 1. The fourth-order valence-electron chi connectivity index (χ4n) is 2.41. The van der Waals surface area contributed by atoms with Gasteiger partial charge in [0.1, 0.15) is 0 Å². The molecule has 106 valence electrons. The highest BCUT2D eigenvalue weighted by Crippen LogP contribution is 2.07. The predicted molar refractivity (Wildman–Crippen MR) is 75.9 cm³/mol. The summed E-state index contributed by atoms with van der Waals surface area (Å²) in [5.74, 6) is 0. The lowest BCUT2D eigenvalue weighted by Gasteiger charge is -2.26. The number of hydrogen-bond acceptors (Lipinski definition) is 4. The van der Waals surface area contributed by atoms with Gasteiger partial charge in [0.15, 0.2) is 0 Å². The van der Waals surface area contributed by atoms with Crippen LogP contribution in [-0.2, 0) is 17.9 Å². The van der Waals surface area contributed by atoms with Crippen LogP contribution in [0.5, 0.6) is 0 Å². The van der Waals surface area contributed by atoms with Crippen LogP contribution in [-0.4, -0.2) is 36.9 Å². The molecule has 1 aliphatic heterocycles. The summed E-state index contributed by atoms with van der Waals surface area (Å²) in [7, 11) is 0. The molecule has 2 unspecified atom stereocenters. The molecule has 2 rings (SSSR count). The molecule has 0 bridgehead atoms. The van der Waals surface area contributed by atoms with Crippen molar-refractivity contribution >= 4 is 0 Å². The highest BCUT2D eigenvalue weighted by atomic mass is 16.5. The summed E-state index contributed by atoms with van der Waals surface area (Å²) in [5.41, 5.74) is 2.18. The van der Waals surface area contributed by atoms with Gasteiger partial charge >= 0.3 is 0 Å². The number of aliphatic hydroxyl groups excluding tert-OH is 1. The van der Waals surface area contributed by atoms with E-state index in [2.05, 4.69) is 23.6 Å². The largest absolute Gasteiger partial charge is 0.392 e. The van der Waals surface area contributed by atoms with Crippen molar-refractivity contribution in [2.45, 2.75) is 38.6 Å². The van der Waals surface area contributed by atoms with Gasteiger partial charge in [0.2, 0.25) is 0 Å². The summed E-state index contributed by atoms with van der Waals surface area (Å²) in [5, 5.41) is 16.1. The standard InChI is InChI=1S/C15H24N2O2/c1-12(7-15-11-19-6-5-16-15)17-9-13-3-2-4-14(8-13)10-18/h2-4,8,12,15-18H,5-7,9-11H2,1H3. The normalized spacial score (nSPS) is 21.3. The molecule has 3 N–H and O–H groups in total. The molecule has 0 aliphatic carbocycles. The first-order valence-corrected chi connectivity index (χ1v) is 7.01. The number of morpholine rings is 1. The van der Waals surface area contributed by atoms with Crippen molar-refractivity contribution in [3.8, 4) is 0 Å². The molecule has 0 radical (unpaired) electrons. The Balaban J connectivity index is 1.74. The Morgan fingerprint density at radius 3 is 3.05 bits per heavy atom. The van der Waals surface area contributed by atoms with Gasteiger partial charge in [-0.25, -0.2) is 0 Å². The summed E-state index contributed by atoms with van der Waals surface area (Å²) in [4.78, 5) is 0. The Morgan fingerprint density at radius 1 is 1.47 bits per heavy atom. The SMILES string of the molecule is CC(CC1COCCN1)NCc1cccc(CO)c1. The molecule has 0 aromatic heterocycles. The number of hydrogen-bond donors (Lipinski definition) is 3. The lowest BCUT2D eigenvalue weighted by Crippen LogP contribution is -2.44. The van der Waals surface area contributed by atoms with Crippen LogP contribution in [0.3, 0.4) is 0 Å². The minimum absolute atomic E-state index is 0.104. The molecule has 1 fully saturated rings. The van der Waals surface area contributed by atoms with E-state index < -0.39 is 0 Å². The van der Waals surface area contributed by atoms with Gasteiger partial charge in [-0.15, -0.1) is 0 Å². The second-order valence-electron chi connectivity index (χ2n) is 5.22. The van der Waals surface area contributed by atoms with Crippen LogP contribution in [0.15, 0.2) is 24.3 Å². The molecular formula is C15H24N2O2. The van der Waals surface area contributed by atoms with Gasteiger partial charge in [-0.1, -0.05) is 24.3 Å². The zero-order valence-corrected chi connectivity index (χ0v) is 11.6. The van der Waals surface area contributed by atoms with Crippen molar-refractivity contribution in [1.82, 2.24) is 10.6 Å². The van der Waals surface area contributed by atoms with Crippen LogP contribution in [0.2, 0.25) is 0 Å². The maximum atomic E-state index is 9.11. The first kappa shape index (κ1) is 14.5. The summed E-state index contributed by atoms with van der Waals surface area (Å²) in [6, 6.07) is 8.96. The molecule has 1 aromatic carbocycles. The third kappa shape index (κ3) is 4.91. The fraction of sp³-hybridized carbons (Fsp3) is 0.600. The van der Waals surface area contributed by atoms with Crippen molar-refractivity contribution in [2.75, 3.05) is 19.8 Å². The van der Waals surface area contributed by atoms with E-state index in [-0.39, 0.29) is 6.61 Å². The second-order valence-corrected chi connectivity index (χ2v) is 5.22. The quantitative estimate of drug-likeness (QED) is 0.718. The minimum atomic E-state index is 0.104. The van der Waals surface area contributed by atoms with Crippen molar-refractivity contribution in [3.63, 3.8) is 0 Å². The molecule has 1 heterocycles. The Bertz CT molecular complexity index is 378. The van der Waals surface area contributed by atoms with Crippen molar-refractivity contribution in [3.05, 3.63) is 35.4 Å². The molecule has 1 aliphatic rings. The Kier molecular flexibility index (Phi) is 5.79. The van der Waals surface area contributed by atoms with Crippen LogP contribution < -0.4 is 10.6 Å². The molecular weight excluding hydrogens is 240 g/mol. The highest BCUT2D eigenvalue weighted by Gasteiger charge is 2.15. The monoisotopic (exact) mass is 264 g/mol. The first-order chi connectivity index (χ1) is 9.28. The van der Waals surface area contributed by atoms with Crippen molar-refractivity contribution in [1.29, 1.82) is 0 Å². The summed E-state index contributed by atoms with van der Waals surface area (Å²) in [6.07, 6.45) is 1.07. The molecule has 19 heavy (non-hydrogen) atoms. The van der Waals surface area contributed by atoms with Crippen molar-refractivity contribution in [2.24, 2.45) is 0 Å². The van der Waals surface area contributed by atoms with Gasteiger partial charge < -0.3 is 20.5 Å². The first-order valence-electron chi connectivity index (χ1n) is 7.01.